The summed E-state index contributed by atoms with van der Waals surface area (Å²) in [5.74, 6) is 0.228. The van der Waals surface area contributed by atoms with Crippen molar-refractivity contribution in [1.82, 2.24) is 0 Å². The SMILES string of the molecule is Cc1cc(OCC(=O)CO)ccc1Cl. The molecule has 0 heterocycles. The number of Topliss-reactive ketones (excluding diaryl/α,β-unsaturated/α-hetero) is 1. The van der Waals surface area contributed by atoms with E-state index in [0.717, 1.165) is 5.56 Å². The Morgan fingerprint density at radius 1 is 1.57 bits per heavy atom. The van der Waals surface area contributed by atoms with Crippen molar-refractivity contribution in [3.63, 3.8) is 0 Å². The molecule has 0 unspecified atom stereocenters. The summed E-state index contributed by atoms with van der Waals surface area (Å²) in [5.41, 5.74) is 0.889. The van der Waals surface area contributed by atoms with Gasteiger partial charge in [-0.1, -0.05) is 11.6 Å². The Kier molecular flexibility index (Phi) is 3.92. The van der Waals surface area contributed by atoms with Crippen LogP contribution in [-0.2, 0) is 4.79 Å². The lowest BCUT2D eigenvalue weighted by Gasteiger charge is -2.05. The molecule has 0 aliphatic carbocycles. The third-order valence-electron chi connectivity index (χ3n) is 1.71. The van der Waals surface area contributed by atoms with Crippen molar-refractivity contribution in [2.24, 2.45) is 0 Å². The van der Waals surface area contributed by atoms with Gasteiger partial charge in [0.25, 0.3) is 0 Å². The first-order valence-electron chi connectivity index (χ1n) is 4.15. The number of rotatable bonds is 4. The molecule has 0 aromatic heterocycles. The predicted molar refractivity (Wildman–Crippen MR) is 53.8 cm³/mol. The second-order valence-corrected chi connectivity index (χ2v) is 3.30. The summed E-state index contributed by atoms with van der Waals surface area (Å²) in [6.07, 6.45) is 0. The van der Waals surface area contributed by atoms with E-state index in [4.69, 9.17) is 21.4 Å². The van der Waals surface area contributed by atoms with Crippen LogP contribution in [-0.4, -0.2) is 24.1 Å². The van der Waals surface area contributed by atoms with Crippen molar-refractivity contribution in [1.29, 1.82) is 0 Å². The number of ketones is 1. The van der Waals surface area contributed by atoms with Gasteiger partial charge in [0, 0.05) is 5.02 Å². The van der Waals surface area contributed by atoms with Crippen LogP contribution in [0.5, 0.6) is 5.75 Å². The number of benzene rings is 1. The van der Waals surface area contributed by atoms with Crippen LogP contribution in [0.4, 0.5) is 0 Å². The number of hydrogen-bond donors (Lipinski definition) is 1. The minimum absolute atomic E-state index is 0.114. The number of ether oxygens (including phenoxy) is 1. The fourth-order valence-electron chi connectivity index (χ4n) is 0.916. The van der Waals surface area contributed by atoms with Gasteiger partial charge in [-0.15, -0.1) is 0 Å². The first-order chi connectivity index (χ1) is 6.63. The summed E-state index contributed by atoms with van der Waals surface area (Å²) in [6.45, 7) is 1.24. The second kappa shape index (κ2) is 4.98. The summed E-state index contributed by atoms with van der Waals surface area (Å²) in [4.78, 5) is 10.7. The molecule has 0 saturated carbocycles. The van der Waals surface area contributed by atoms with E-state index < -0.39 is 6.61 Å². The number of carbonyl (C=O) groups excluding carboxylic acids is 1. The van der Waals surface area contributed by atoms with Crippen LogP contribution in [0.3, 0.4) is 0 Å². The highest BCUT2D eigenvalue weighted by atomic mass is 35.5. The Morgan fingerprint density at radius 3 is 2.86 bits per heavy atom. The molecule has 0 aliphatic rings. The third-order valence-corrected chi connectivity index (χ3v) is 2.13. The van der Waals surface area contributed by atoms with E-state index in [1.54, 1.807) is 18.2 Å². The van der Waals surface area contributed by atoms with Gasteiger partial charge in [-0.3, -0.25) is 4.79 Å². The molecular weight excluding hydrogens is 204 g/mol. The molecule has 0 radical (unpaired) electrons. The average Bonchev–Trinajstić information content (AvgIpc) is 2.19. The Bertz CT molecular complexity index is 336. The standard InChI is InChI=1S/C10H11ClO3/c1-7-4-9(2-3-10(7)11)14-6-8(13)5-12/h2-4,12H,5-6H2,1H3. The molecule has 1 aromatic rings. The summed E-state index contributed by atoms with van der Waals surface area (Å²) < 4.78 is 5.13. The highest BCUT2D eigenvalue weighted by molar-refractivity contribution is 6.31. The van der Waals surface area contributed by atoms with Crippen molar-refractivity contribution < 1.29 is 14.6 Å². The van der Waals surface area contributed by atoms with Gasteiger partial charge in [-0.2, -0.15) is 0 Å². The first-order valence-corrected chi connectivity index (χ1v) is 4.53. The van der Waals surface area contributed by atoms with Crippen molar-refractivity contribution >= 4 is 17.4 Å². The largest absolute Gasteiger partial charge is 0.486 e. The molecule has 0 atom stereocenters. The fraction of sp³-hybridized carbons (Fsp3) is 0.300. The van der Waals surface area contributed by atoms with Crippen LogP contribution in [0.25, 0.3) is 0 Å². The van der Waals surface area contributed by atoms with E-state index in [0.29, 0.717) is 10.8 Å². The van der Waals surface area contributed by atoms with Crippen molar-refractivity contribution in [2.75, 3.05) is 13.2 Å². The van der Waals surface area contributed by atoms with Crippen LogP contribution in [0.15, 0.2) is 18.2 Å². The Morgan fingerprint density at radius 2 is 2.29 bits per heavy atom. The van der Waals surface area contributed by atoms with Crippen molar-refractivity contribution in [3.05, 3.63) is 28.8 Å². The highest BCUT2D eigenvalue weighted by Crippen LogP contribution is 2.20. The van der Waals surface area contributed by atoms with Crippen LogP contribution >= 0.6 is 11.6 Å². The summed E-state index contributed by atoms with van der Waals surface area (Å²) in [6, 6.07) is 5.13. The van der Waals surface area contributed by atoms with Crippen molar-refractivity contribution in [3.8, 4) is 5.75 Å². The average molecular weight is 215 g/mol. The predicted octanol–water partition coefficient (Wildman–Crippen LogP) is 1.59. The lowest BCUT2D eigenvalue weighted by atomic mass is 10.2. The lowest BCUT2D eigenvalue weighted by Crippen LogP contribution is -2.14. The summed E-state index contributed by atoms with van der Waals surface area (Å²) >= 11 is 5.81. The molecule has 1 rings (SSSR count). The lowest BCUT2D eigenvalue weighted by molar-refractivity contribution is -0.123. The van der Waals surface area contributed by atoms with Gasteiger partial charge in [0.05, 0.1) is 0 Å². The first kappa shape index (κ1) is 11.0. The molecule has 0 spiro atoms. The van der Waals surface area contributed by atoms with E-state index in [2.05, 4.69) is 0 Å². The van der Waals surface area contributed by atoms with Crippen molar-refractivity contribution in [2.45, 2.75) is 6.92 Å². The molecule has 0 aliphatic heterocycles. The van der Waals surface area contributed by atoms with Gasteiger partial charge in [0.15, 0.2) is 5.78 Å². The normalized spacial score (nSPS) is 9.93. The van der Waals surface area contributed by atoms with Gasteiger partial charge >= 0.3 is 0 Å². The summed E-state index contributed by atoms with van der Waals surface area (Å²) in [5, 5.41) is 9.12. The molecule has 1 aromatic carbocycles. The highest BCUT2D eigenvalue weighted by Gasteiger charge is 2.02. The van der Waals surface area contributed by atoms with E-state index in [9.17, 15) is 4.79 Å². The molecule has 3 nitrogen and oxygen atoms in total. The number of halogens is 1. The Hall–Kier alpha value is -1.06. The van der Waals surface area contributed by atoms with Gasteiger partial charge in [0.1, 0.15) is 19.0 Å². The monoisotopic (exact) mass is 214 g/mol. The molecule has 14 heavy (non-hydrogen) atoms. The van der Waals surface area contributed by atoms with Gasteiger partial charge in [-0.05, 0) is 30.7 Å². The summed E-state index contributed by atoms with van der Waals surface area (Å²) in [7, 11) is 0. The van der Waals surface area contributed by atoms with Gasteiger partial charge < -0.3 is 9.84 Å². The van der Waals surface area contributed by atoms with E-state index >= 15 is 0 Å². The number of aliphatic hydroxyl groups excluding tert-OH is 1. The Balaban J connectivity index is 2.60. The van der Waals surface area contributed by atoms with Gasteiger partial charge in [-0.25, -0.2) is 0 Å². The molecule has 0 bridgehead atoms. The van der Waals surface area contributed by atoms with E-state index in [1.165, 1.54) is 0 Å². The second-order valence-electron chi connectivity index (χ2n) is 2.90. The molecule has 1 N–H and O–H groups in total. The maximum Gasteiger partial charge on any atom is 0.195 e. The quantitative estimate of drug-likeness (QED) is 0.828. The smallest absolute Gasteiger partial charge is 0.195 e. The zero-order valence-electron chi connectivity index (χ0n) is 7.79. The number of hydrogen-bond acceptors (Lipinski definition) is 3. The minimum Gasteiger partial charge on any atom is -0.486 e. The zero-order valence-corrected chi connectivity index (χ0v) is 8.54. The number of aryl methyl sites for hydroxylation is 1. The zero-order chi connectivity index (χ0) is 10.6. The van der Waals surface area contributed by atoms with E-state index in [-0.39, 0.29) is 12.4 Å². The molecule has 4 heteroatoms. The maximum atomic E-state index is 10.7. The number of carbonyl (C=O) groups is 1. The third kappa shape index (κ3) is 3.01. The van der Waals surface area contributed by atoms with Crippen LogP contribution < -0.4 is 4.74 Å². The topological polar surface area (TPSA) is 46.5 Å². The van der Waals surface area contributed by atoms with Gasteiger partial charge in [0.2, 0.25) is 0 Å². The number of aliphatic hydroxyl groups is 1. The molecule has 76 valence electrons. The van der Waals surface area contributed by atoms with Crippen LogP contribution in [0.1, 0.15) is 5.56 Å². The molecule has 0 saturated heterocycles. The molecular formula is C10H11ClO3. The van der Waals surface area contributed by atoms with Crippen LogP contribution in [0, 0.1) is 6.92 Å². The van der Waals surface area contributed by atoms with E-state index in [1.807, 2.05) is 6.92 Å². The molecule has 0 fully saturated rings. The fourth-order valence-corrected chi connectivity index (χ4v) is 1.03. The molecule has 0 amide bonds. The Labute approximate surface area is 87.3 Å². The maximum absolute atomic E-state index is 10.7. The van der Waals surface area contributed by atoms with Crippen LogP contribution in [0.2, 0.25) is 5.02 Å². The minimum atomic E-state index is -0.493.